The zero-order valence-corrected chi connectivity index (χ0v) is 44.5. The number of hydrogen-bond donors (Lipinski definition) is 0. The second-order valence-corrected chi connectivity index (χ2v) is 20.4. The van der Waals surface area contributed by atoms with E-state index in [2.05, 4.69) is 161 Å². The Morgan fingerprint density at radius 1 is 0.603 bits per heavy atom. The molecule has 12 rings (SSSR count). The molecule has 12 aromatic rings. The number of aromatic nitrogens is 3. The monoisotopic (exact) mass is 1130 g/mol. The molecule has 0 spiro atoms. The summed E-state index contributed by atoms with van der Waals surface area (Å²) in [6.07, 6.45) is 1.80. The Morgan fingerprint density at radius 2 is 1.30 bits per heavy atom. The van der Waals surface area contributed by atoms with Crippen molar-refractivity contribution >= 4 is 54.5 Å². The fourth-order valence-electron chi connectivity index (χ4n) is 10.1. The molecule has 0 aliphatic carbocycles. The molecule has 0 bridgehead atoms. The summed E-state index contributed by atoms with van der Waals surface area (Å²) >= 11 is 0. The van der Waals surface area contributed by atoms with E-state index in [4.69, 9.17) is 17.6 Å². The predicted octanol–water partition coefficient (Wildman–Crippen LogP) is 18.7. The van der Waals surface area contributed by atoms with Gasteiger partial charge in [-0.2, -0.15) is 0 Å². The van der Waals surface area contributed by atoms with E-state index >= 15 is 0 Å². The molecule has 0 atom stereocenters. The Bertz CT molecular complexity index is 4200. The number of rotatable bonds is 7. The van der Waals surface area contributed by atoms with Crippen molar-refractivity contribution in [1.29, 1.82) is 0 Å². The minimum absolute atomic E-state index is 0. The summed E-state index contributed by atoms with van der Waals surface area (Å²) in [5.41, 5.74) is 13.7. The maximum absolute atomic E-state index is 8.65. The van der Waals surface area contributed by atoms with Gasteiger partial charge in [0, 0.05) is 45.6 Å². The van der Waals surface area contributed by atoms with Crippen molar-refractivity contribution in [3.8, 4) is 50.6 Å². The van der Waals surface area contributed by atoms with Gasteiger partial charge in [-0.3, -0.25) is 4.98 Å². The Morgan fingerprint density at radius 3 is 2.01 bits per heavy atom. The number of para-hydroxylation sites is 1. The van der Waals surface area contributed by atoms with E-state index in [1.54, 1.807) is 24.4 Å². The van der Waals surface area contributed by atoms with E-state index in [0.29, 0.717) is 39.1 Å². The van der Waals surface area contributed by atoms with Crippen LogP contribution in [0.2, 0.25) is 0 Å². The molecule has 0 saturated carbocycles. The van der Waals surface area contributed by atoms with E-state index in [1.165, 1.54) is 16.3 Å². The average Bonchev–Trinajstić information content (AvgIpc) is 4.11. The number of aryl methyl sites for hydroxylation is 2. The maximum atomic E-state index is 8.65. The largest absolute Gasteiger partial charge is 0.501 e. The molecule has 4 nitrogen and oxygen atoms in total. The number of furan rings is 1. The van der Waals surface area contributed by atoms with E-state index in [1.807, 2.05) is 66.7 Å². The van der Waals surface area contributed by atoms with Crippen molar-refractivity contribution < 1.29 is 32.7 Å². The molecular weight excluding hydrogens is 1070 g/mol. The van der Waals surface area contributed by atoms with Gasteiger partial charge < -0.3 is 14.0 Å². The van der Waals surface area contributed by atoms with E-state index in [-0.39, 0.29) is 42.9 Å². The molecular formula is C68H59IrN3O-2. The number of benzene rings is 9. The molecule has 0 aliphatic heterocycles. The first-order valence-electron chi connectivity index (χ1n) is 27.8. The standard InChI is InChI=1S/C46H37N2O.C22H22N.Ir/c1-27(2)37-24-33(30-14-7-6-8-15-30)25-38(28(3)4)44(37)48-43-29(5)13-11-20-41(43)47-46(48)36-19-12-18-35-40-23-32-22-21-31-16-9-10-17-34(31)39(32)26-42(40)49-45(35)36;1-16-10-11-18(14-20(16)17-8-6-5-7-9-17)21-15-19(12-13-23-21)22(2,3)4;/h6-18,20-28H,1-5H3;5-10,12-15H,1-4H3;/q2*-1;/i5D3;1D3;. The minimum Gasteiger partial charge on any atom is -0.501 e. The van der Waals surface area contributed by atoms with Crippen LogP contribution < -0.4 is 0 Å². The van der Waals surface area contributed by atoms with Gasteiger partial charge in [-0.05, 0) is 127 Å². The van der Waals surface area contributed by atoms with Crippen LogP contribution in [0.15, 0.2) is 187 Å². The molecule has 3 aromatic heterocycles. The third kappa shape index (κ3) is 9.22. The Hall–Kier alpha value is -7.43. The summed E-state index contributed by atoms with van der Waals surface area (Å²) in [6.45, 7) is 10.7. The zero-order valence-electron chi connectivity index (χ0n) is 48.1. The summed E-state index contributed by atoms with van der Waals surface area (Å²) in [5, 5.41) is 6.59. The fraction of sp³-hybridized carbons (Fsp3) is 0.176. The molecule has 0 unspecified atom stereocenters. The van der Waals surface area contributed by atoms with Crippen molar-refractivity contribution in [2.24, 2.45) is 0 Å². The number of hydrogen-bond acceptors (Lipinski definition) is 3. The second-order valence-electron chi connectivity index (χ2n) is 20.4. The van der Waals surface area contributed by atoms with Crippen LogP contribution in [0.4, 0.5) is 0 Å². The van der Waals surface area contributed by atoms with Crippen LogP contribution >= 0.6 is 0 Å². The van der Waals surface area contributed by atoms with Crippen LogP contribution in [0.5, 0.6) is 0 Å². The smallest absolute Gasteiger partial charge is 0.121 e. The molecule has 0 N–H and O–H groups in total. The topological polar surface area (TPSA) is 43.9 Å². The summed E-state index contributed by atoms with van der Waals surface area (Å²) in [4.78, 5) is 9.73. The first-order chi connectivity index (χ1) is 37.2. The number of imidazole rings is 1. The Kier molecular flexibility index (Phi) is 11.5. The molecule has 363 valence electrons. The van der Waals surface area contributed by atoms with Gasteiger partial charge in [-0.1, -0.05) is 187 Å². The van der Waals surface area contributed by atoms with Crippen molar-refractivity contribution in [2.75, 3.05) is 0 Å². The third-order valence-corrected chi connectivity index (χ3v) is 13.9. The van der Waals surface area contributed by atoms with Crippen LogP contribution in [0.25, 0.3) is 105 Å². The van der Waals surface area contributed by atoms with Crippen LogP contribution in [0.3, 0.4) is 0 Å². The molecule has 0 saturated heterocycles. The first-order valence-corrected chi connectivity index (χ1v) is 24.8. The SMILES string of the molecule is [2H]C([2H])([2H])c1c[c-]c(-c2cc(C(C)(C)C)ccn2)cc1-c1ccccc1.[2H]C([2H])([2H])c1cccc2nc(-c3[c-]ccc4c3oc3cc5c(ccc6ccccc65)cc34)n(-c3c(C(C)C)cc(-c4ccccc4)cc3C(C)C)c12.[Ir]. The molecule has 73 heavy (non-hydrogen) atoms. The maximum Gasteiger partial charge on any atom is 0.121 e. The van der Waals surface area contributed by atoms with Gasteiger partial charge in [-0.25, -0.2) is 0 Å². The normalized spacial score (nSPS) is 13.3. The van der Waals surface area contributed by atoms with Crippen molar-refractivity contribution in [1.82, 2.24) is 14.5 Å². The summed E-state index contributed by atoms with van der Waals surface area (Å²) in [5.74, 6) is 0.840. The summed E-state index contributed by atoms with van der Waals surface area (Å²) in [6, 6.07) is 65.2. The predicted molar refractivity (Wildman–Crippen MR) is 303 cm³/mol. The molecule has 3 heterocycles. The van der Waals surface area contributed by atoms with Gasteiger partial charge in [0.1, 0.15) is 5.58 Å². The van der Waals surface area contributed by atoms with E-state index in [9.17, 15) is 0 Å². The Labute approximate surface area is 451 Å². The van der Waals surface area contributed by atoms with Crippen molar-refractivity contribution in [2.45, 2.75) is 79.4 Å². The van der Waals surface area contributed by atoms with Crippen LogP contribution in [0, 0.1) is 25.8 Å². The minimum atomic E-state index is -2.37. The van der Waals surface area contributed by atoms with E-state index in [0.717, 1.165) is 71.9 Å². The van der Waals surface area contributed by atoms with E-state index < -0.39 is 13.7 Å². The summed E-state index contributed by atoms with van der Waals surface area (Å²) in [7, 11) is 0. The molecule has 0 fully saturated rings. The van der Waals surface area contributed by atoms with Gasteiger partial charge in [0.2, 0.25) is 0 Å². The van der Waals surface area contributed by atoms with Crippen LogP contribution in [0.1, 0.15) is 96.3 Å². The second kappa shape index (κ2) is 19.9. The Balaban J connectivity index is 0.000000220. The quantitative estimate of drug-likeness (QED) is 0.118. The van der Waals surface area contributed by atoms with Crippen LogP contribution in [-0.2, 0) is 25.5 Å². The van der Waals surface area contributed by atoms with Gasteiger partial charge in [0.05, 0.1) is 22.4 Å². The van der Waals surface area contributed by atoms with Crippen molar-refractivity contribution in [3.63, 3.8) is 0 Å². The van der Waals surface area contributed by atoms with Gasteiger partial charge in [0.25, 0.3) is 0 Å². The molecule has 1 radical (unpaired) electrons. The van der Waals surface area contributed by atoms with Gasteiger partial charge in [0.15, 0.2) is 0 Å². The van der Waals surface area contributed by atoms with Gasteiger partial charge in [-0.15, -0.1) is 47.5 Å². The third-order valence-electron chi connectivity index (χ3n) is 13.9. The van der Waals surface area contributed by atoms with Gasteiger partial charge >= 0.3 is 0 Å². The number of fused-ring (bicyclic) bond motifs is 7. The van der Waals surface area contributed by atoms with Crippen LogP contribution in [-0.4, -0.2) is 14.5 Å². The van der Waals surface area contributed by atoms with Crippen molar-refractivity contribution in [3.05, 3.63) is 222 Å². The molecule has 9 aromatic carbocycles. The average molecular weight is 1130 g/mol. The number of nitrogens with zero attached hydrogens (tertiary/aromatic N) is 3. The molecule has 0 aliphatic rings. The summed E-state index contributed by atoms with van der Waals surface area (Å²) < 4.78 is 58.4. The molecule has 0 amide bonds. The molecule has 5 heteroatoms. The fourth-order valence-corrected chi connectivity index (χ4v) is 10.1. The number of pyridine rings is 1. The zero-order chi connectivity index (χ0) is 54.8. The first kappa shape index (κ1) is 42.1.